The number of hydrogen-bond donors (Lipinski definition) is 3. The Bertz CT molecular complexity index is 491. The smallest absolute Gasteiger partial charge is 0.133 e. The van der Waals surface area contributed by atoms with E-state index in [1.54, 1.807) is 0 Å². The number of pyridine rings is 1. The van der Waals surface area contributed by atoms with E-state index in [4.69, 9.17) is 0 Å². The number of hydrogen-bond acceptors (Lipinski definition) is 4. The zero-order valence-corrected chi connectivity index (χ0v) is 8.90. The highest BCUT2D eigenvalue weighted by molar-refractivity contribution is 5.80. The summed E-state index contributed by atoms with van der Waals surface area (Å²) in [7, 11) is 0. The van der Waals surface area contributed by atoms with Gasteiger partial charge in [-0.25, -0.2) is 4.98 Å². The predicted molar refractivity (Wildman–Crippen MR) is 65.2 cm³/mol. The molecule has 82 valence electrons. The maximum atomic E-state index is 4.55. The molecule has 3 N–H and O–H groups in total. The molecule has 1 aliphatic heterocycles. The Balaban J connectivity index is 1.86. The van der Waals surface area contributed by atoms with Crippen LogP contribution in [0.3, 0.4) is 0 Å². The van der Waals surface area contributed by atoms with Crippen molar-refractivity contribution in [2.24, 2.45) is 0 Å². The quantitative estimate of drug-likeness (QED) is 0.701. The van der Waals surface area contributed by atoms with E-state index in [0.29, 0.717) is 0 Å². The Morgan fingerprint density at radius 3 is 2.75 bits per heavy atom. The van der Waals surface area contributed by atoms with Crippen molar-refractivity contribution in [3.05, 3.63) is 36.4 Å². The monoisotopic (exact) mass is 214 g/mol. The predicted octanol–water partition coefficient (Wildman–Crippen LogP) is 1.12. The van der Waals surface area contributed by atoms with Gasteiger partial charge in [0, 0.05) is 18.5 Å². The van der Waals surface area contributed by atoms with Crippen LogP contribution in [0.2, 0.25) is 0 Å². The van der Waals surface area contributed by atoms with Gasteiger partial charge in [-0.05, 0) is 18.2 Å². The molecule has 1 aliphatic rings. The van der Waals surface area contributed by atoms with E-state index >= 15 is 0 Å². The first kappa shape index (κ1) is 9.57. The van der Waals surface area contributed by atoms with Crippen molar-refractivity contribution in [2.45, 2.75) is 6.29 Å². The minimum Gasteiger partial charge on any atom is -0.342 e. The average molecular weight is 214 g/mol. The van der Waals surface area contributed by atoms with E-state index in [1.165, 1.54) is 5.39 Å². The molecule has 16 heavy (non-hydrogen) atoms. The summed E-state index contributed by atoms with van der Waals surface area (Å²) in [5.41, 5.74) is 1.02. The van der Waals surface area contributed by atoms with E-state index in [0.717, 1.165) is 24.4 Å². The van der Waals surface area contributed by atoms with Crippen molar-refractivity contribution in [1.29, 1.82) is 0 Å². The highest BCUT2D eigenvalue weighted by atomic mass is 15.3. The normalized spacial score (nSPS) is 16.8. The fraction of sp³-hybridized carbons (Fsp3) is 0.250. The van der Waals surface area contributed by atoms with Gasteiger partial charge in [-0.15, -0.1) is 0 Å². The van der Waals surface area contributed by atoms with Gasteiger partial charge < -0.3 is 5.32 Å². The molecule has 0 spiro atoms. The third-order valence-electron chi connectivity index (χ3n) is 2.71. The van der Waals surface area contributed by atoms with Gasteiger partial charge in [-0.2, -0.15) is 0 Å². The fourth-order valence-corrected chi connectivity index (χ4v) is 1.90. The highest BCUT2D eigenvalue weighted by Gasteiger charge is 2.12. The first-order valence-electron chi connectivity index (χ1n) is 5.51. The van der Waals surface area contributed by atoms with Gasteiger partial charge in [-0.1, -0.05) is 18.2 Å². The minimum atomic E-state index is 0.133. The second-order valence-corrected chi connectivity index (χ2v) is 3.87. The summed E-state index contributed by atoms with van der Waals surface area (Å²) in [6.45, 7) is 1.98. The molecule has 1 aromatic carbocycles. The maximum absolute atomic E-state index is 4.55. The first-order chi connectivity index (χ1) is 7.92. The van der Waals surface area contributed by atoms with E-state index in [9.17, 15) is 0 Å². The van der Waals surface area contributed by atoms with Crippen LogP contribution in [-0.4, -0.2) is 24.4 Å². The average Bonchev–Trinajstić information content (AvgIpc) is 2.82. The standard InChI is InChI=1S/C12H14N4/c1-2-4-10-9(3-1)5-6-11(15-10)16-12-13-7-8-14-12/h1-6,12-14H,7-8H2,(H,15,16). The van der Waals surface area contributed by atoms with Crippen LogP contribution in [0.4, 0.5) is 5.82 Å². The van der Waals surface area contributed by atoms with Gasteiger partial charge >= 0.3 is 0 Å². The fourth-order valence-electron chi connectivity index (χ4n) is 1.90. The first-order valence-corrected chi connectivity index (χ1v) is 5.51. The molecular weight excluding hydrogens is 200 g/mol. The Labute approximate surface area is 94.1 Å². The zero-order chi connectivity index (χ0) is 10.8. The molecular formula is C12H14N4. The molecule has 2 heterocycles. The summed E-state index contributed by atoms with van der Waals surface area (Å²) in [6, 6.07) is 12.2. The molecule has 0 unspecified atom stereocenters. The minimum absolute atomic E-state index is 0.133. The summed E-state index contributed by atoms with van der Waals surface area (Å²) in [5.74, 6) is 0.894. The van der Waals surface area contributed by atoms with Crippen molar-refractivity contribution in [2.75, 3.05) is 18.4 Å². The number of rotatable bonds is 2. The van der Waals surface area contributed by atoms with Crippen LogP contribution >= 0.6 is 0 Å². The number of aromatic nitrogens is 1. The van der Waals surface area contributed by atoms with Gasteiger partial charge in [0.05, 0.1) is 5.52 Å². The second-order valence-electron chi connectivity index (χ2n) is 3.87. The maximum Gasteiger partial charge on any atom is 0.133 e. The molecule has 0 atom stereocenters. The zero-order valence-electron chi connectivity index (χ0n) is 8.90. The number of anilines is 1. The number of benzene rings is 1. The van der Waals surface area contributed by atoms with E-state index in [1.807, 2.05) is 24.3 Å². The van der Waals surface area contributed by atoms with Gasteiger partial charge in [0.2, 0.25) is 0 Å². The number of nitrogens with one attached hydrogen (secondary N) is 3. The SMILES string of the molecule is c1ccc2nc(NC3NCCN3)ccc2c1. The van der Waals surface area contributed by atoms with E-state index in [-0.39, 0.29) is 6.29 Å². The van der Waals surface area contributed by atoms with Crippen LogP contribution in [-0.2, 0) is 0 Å². The van der Waals surface area contributed by atoms with Gasteiger partial charge in [-0.3, -0.25) is 10.6 Å². The lowest BCUT2D eigenvalue weighted by Gasteiger charge is -2.13. The van der Waals surface area contributed by atoms with Crippen molar-refractivity contribution < 1.29 is 0 Å². The summed E-state index contributed by atoms with van der Waals surface area (Å²) in [5, 5.41) is 11.0. The molecule has 0 radical (unpaired) electrons. The summed E-state index contributed by atoms with van der Waals surface area (Å²) in [4.78, 5) is 4.55. The van der Waals surface area contributed by atoms with Crippen LogP contribution in [0.15, 0.2) is 36.4 Å². The Morgan fingerprint density at radius 2 is 1.88 bits per heavy atom. The van der Waals surface area contributed by atoms with Crippen LogP contribution in [0.1, 0.15) is 0 Å². The molecule has 4 nitrogen and oxygen atoms in total. The molecule has 3 rings (SSSR count). The Kier molecular flexibility index (Phi) is 2.44. The van der Waals surface area contributed by atoms with Crippen molar-refractivity contribution in [3.8, 4) is 0 Å². The molecule has 0 bridgehead atoms. The topological polar surface area (TPSA) is 49.0 Å². The molecule has 1 fully saturated rings. The molecule has 4 heteroatoms. The third kappa shape index (κ3) is 1.85. The molecule has 0 aliphatic carbocycles. The molecule has 1 aromatic heterocycles. The van der Waals surface area contributed by atoms with E-state index in [2.05, 4.69) is 33.1 Å². The Morgan fingerprint density at radius 1 is 1.06 bits per heavy atom. The number of nitrogens with zero attached hydrogens (tertiary/aromatic N) is 1. The summed E-state index contributed by atoms with van der Waals surface area (Å²) >= 11 is 0. The molecule has 0 saturated carbocycles. The van der Waals surface area contributed by atoms with Gasteiger partial charge in [0.25, 0.3) is 0 Å². The molecule has 1 saturated heterocycles. The largest absolute Gasteiger partial charge is 0.342 e. The lowest BCUT2D eigenvalue weighted by Crippen LogP contribution is -2.38. The Hall–Kier alpha value is -1.65. The van der Waals surface area contributed by atoms with E-state index < -0.39 is 0 Å². The van der Waals surface area contributed by atoms with Crippen LogP contribution in [0.25, 0.3) is 10.9 Å². The second kappa shape index (κ2) is 4.08. The number of para-hydroxylation sites is 1. The highest BCUT2D eigenvalue weighted by Crippen LogP contribution is 2.14. The molecule has 0 amide bonds. The van der Waals surface area contributed by atoms with Crippen LogP contribution < -0.4 is 16.0 Å². The van der Waals surface area contributed by atoms with Crippen LogP contribution in [0, 0.1) is 0 Å². The van der Waals surface area contributed by atoms with Crippen LogP contribution in [0.5, 0.6) is 0 Å². The summed E-state index contributed by atoms with van der Waals surface area (Å²) in [6.07, 6.45) is 0.133. The van der Waals surface area contributed by atoms with Crippen molar-refractivity contribution in [3.63, 3.8) is 0 Å². The summed E-state index contributed by atoms with van der Waals surface area (Å²) < 4.78 is 0. The third-order valence-corrected chi connectivity index (χ3v) is 2.71. The van der Waals surface area contributed by atoms with Gasteiger partial charge in [0.15, 0.2) is 0 Å². The molecule has 2 aromatic rings. The lowest BCUT2D eigenvalue weighted by molar-refractivity contribution is 0.618. The number of fused-ring (bicyclic) bond motifs is 1. The lowest BCUT2D eigenvalue weighted by atomic mass is 10.2. The van der Waals surface area contributed by atoms with Crippen molar-refractivity contribution >= 4 is 16.7 Å². The van der Waals surface area contributed by atoms with Crippen molar-refractivity contribution in [1.82, 2.24) is 15.6 Å². The van der Waals surface area contributed by atoms with Gasteiger partial charge in [0.1, 0.15) is 12.1 Å².